The first-order valence-corrected chi connectivity index (χ1v) is 8.94. The summed E-state index contributed by atoms with van der Waals surface area (Å²) in [6, 6.07) is 15.0. The molecule has 1 aromatic carbocycles. The van der Waals surface area contributed by atoms with E-state index in [1.807, 2.05) is 43.5 Å². The number of thioether (sulfide) groups is 1. The highest BCUT2D eigenvalue weighted by molar-refractivity contribution is 8.02. The highest BCUT2D eigenvalue weighted by atomic mass is 32.2. The van der Waals surface area contributed by atoms with Crippen LogP contribution in [0, 0.1) is 11.3 Å². The second-order valence-electron chi connectivity index (χ2n) is 5.49. The first-order chi connectivity index (χ1) is 12.2. The molecule has 0 saturated heterocycles. The predicted octanol–water partition coefficient (Wildman–Crippen LogP) is 3.98. The van der Waals surface area contributed by atoms with E-state index in [4.69, 9.17) is 4.42 Å². The molecule has 1 aliphatic heterocycles. The van der Waals surface area contributed by atoms with Gasteiger partial charge in [0.2, 0.25) is 0 Å². The number of rotatable bonds is 4. The van der Waals surface area contributed by atoms with E-state index in [1.54, 1.807) is 18.4 Å². The van der Waals surface area contributed by atoms with Crippen molar-refractivity contribution in [2.24, 2.45) is 0 Å². The fraction of sp³-hybridized carbons (Fsp3) is 0.158. The van der Waals surface area contributed by atoms with Gasteiger partial charge in [-0.2, -0.15) is 5.26 Å². The lowest BCUT2D eigenvalue weighted by Crippen LogP contribution is -2.30. The minimum Gasteiger partial charge on any atom is -0.468 e. The maximum absolute atomic E-state index is 13.0. The molecule has 0 radical (unpaired) electrons. The molecule has 25 heavy (non-hydrogen) atoms. The molecule has 2 heterocycles. The number of para-hydroxylation sites is 1. The van der Waals surface area contributed by atoms with Crippen molar-refractivity contribution in [3.8, 4) is 6.07 Å². The summed E-state index contributed by atoms with van der Waals surface area (Å²) in [6.07, 6.45) is 3.44. The van der Waals surface area contributed by atoms with Gasteiger partial charge in [-0.3, -0.25) is 4.79 Å². The second kappa shape index (κ2) is 7.32. The Hall–Kier alpha value is -2.91. The normalized spacial score (nSPS) is 17.1. The molecule has 5 nitrogen and oxygen atoms in total. The van der Waals surface area contributed by atoms with Gasteiger partial charge in [0, 0.05) is 11.4 Å². The molecular formula is C19H17N3O2S. The second-order valence-corrected chi connectivity index (χ2v) is 6.31. The number of nitrogens with one attached hydrogen (secondary N) is 2. The van der Waals surface area contributed by atoms with Crippen LogP contribution in [0.1, 0.15) is 18.6 Å². The minimum absolute atomic E-state index is 0.259. The van der Waals surface area contributed by atoms with Crippen LogP contribution >= 0.6 is 11.8 Å². The van der Waals surface area contributed by atoms with Crippen LogP contribution in [0.25, 0.3) is 0 Å². The van der Waals surface area contributed by atoms with Crippen LogP contribution in [0.15, 0.2) is 75.0 Å². The Morgan fingerprint density at radius 2 is 2.04 bits per heavy atom. The van der Waals surface area contributed by atoms with Crippen molar-refractivity contribution in [1.82, 2.24) is 5.32 Å². The molecule has 1 aliphatic rings. The number of allylic oxidation sites excluding steroid dienone is 2. The SMILES string of the molecule is CSC1=C(C#N)[C@H](c2ccco2)C(C(=O)Nc2ccccc2)=C(C)N1. The number of carbonyl (C=O) groups excluding carboxylic acids is 1. The zero-order chi connectivity index (χ0) is 17.8. The molecule has 0 unspecified atom stereocenters. The average Bonchev–Trinajstić information content (AvgIpc) is 3.15. The average molecular weight is 351 g/mol. The fourth-order valence-corrected chi connectivity index (χ4v) is 3.47. The lowest BCUT2D eigenvalue weighted by atomic mass is 9.85. The van der Waals surface area contributed by atoms with Crippen LogP contribution in [0.5, 0.6) is 0 Å². The Morgan fingerprint density at radius 3 is 2.64 bits per heavy atom. The monoisotopic (exact) mass is 351 g/mol. The van der Waals surface area contributed by atoms with Crippen molar-refractivity contribution in [3.05, 3.63) is 76.4 Å². The van der Waals surface area contributed by atoms with E-state index in [1.165, 1.54) is 11.8 Å². The number of furan rings is 1. The lowest BCUT2D eigenvalue weighted by Gasteiger charge is -2.28. The van der Waals surface area contributed by atoms with E-state index in [0.29, 0.717) is 28.3 Å². The Balaban J connectivity index is 2.03. The van der Waals surface area contributed by atoms with Gasteiger partial charge in [0.15, 0.2) is 0 Å². The number of hydrogen-bond donors (Lipinski definition) is 2. The zero-order valence-electron chi connectivity index (χ0n) is 13.9. The number of dihydropyridines is 1. The van der Waals surface area contributed by atoms with Crippen molar-refractivity contribution < 1.29 is 9.21 Å². The fourth-order valence-electron chi connectivity index (χ4n) is 2.83. The van der Waals surface area contributed by atoms with E-state index < -0.39 is 5.92 Å². The van der Waals surface area contributed by atoms with E-state index in [9.17, 15) is 10.1 Å². The summed E-state index contributed by atoms with van der Waals surface area (Å²) in [7, 11) is 0. The lowest BCUT2D eigenvalue weighted by molar-refractivity contribution is -0.113. The standard InChI is InChI=1S/C19H17N3O2S/c1-12-16(18(23)22-13-7-4-3-5-8-13)17(15-9-6-10-24-15)14(11-20)19(21-12)25-2/h3-10,17,21H,1-2H3,(H,22,23)/t17-/m1/s1. The van der Waals surface area contributed by atoms with Crippen LogP contribution in [-0.2, 0) is 4.79 Å². The molecule has 3 rings (SSSR count). The molecule has 0 fully saturated rings. The molecular weight excluding hydrogens is 334 g/mol. The van der Waals surface area contributed by atoms with Crippen molar-refractivity contribution in [2.45, 2.75) is 12.8 Å². The summed E-state index contributed by atoms with van der Waals surface area (Å²) in [4.78, 5) is 13.0. The number of amides is 1. The van der Waals surface area contributed by atoms with E-state index in [-0.39, 0.29) is 5.91 Å². The number of nitriles is 1. The number of benzene rings is 1. The van der Waals surface area contributed by atoms with Crippen molar-refractivity contribution in [3.63, 3.8) is 0 Å². The van der Waals surface area contributed by atoms with Crippen LogP contribution < -0.4 is 10.6 Å². The third-order valence-electron chi connectivity index (χ3n) is 3.96. The minimum atomic E-state index is -0.535. The maximum Gasteiger partial charge on any atom is 0.254 e. The van der Waals surface area contributed by atoms with Gasteiger partial charge in [-0.25, -0.2) is 0 Å². The van der Waals surface area contributed by atoms with Gasteiger partial charge in [-0.1, -0.05) is 18.2 Å². The van der Waals surface area contributed by atoms with Gasteiger partial charge in [0.05, 0.1) is 34.4 Å². The summed E-state index contributed by atoms with van der Waals surface area (Å²) in [5.74, 6) is -0.222. The smallest absolute Gasteiger partial charge is 0.254 e. The molecule has 1 amide bonds. The molecule has 2 aromatic rings. The van der Waals surface area contributed by atoms with Crippen LogP contribution in [0.3, 0.4) is 0 Å². The van der Waals surface area contributed by atoms with Gasteiger partial charge in [-0.05, 0) is 37.4 Å². The molecule has 1 atom stereocenters. The van der Waals surface area contributed by atoms with Crippen LogP contribution in [0.4, 0.5) is 5.69 Å². The summed E-state index contributed by atoms with van der Waals surface area (Å²) >= 11 is 1.44. The zero-order valence-corrected chi connectivity index (χ0v) is 14.7. The largest absolute Gasteiger partial charge is 0.468 e. The Kier molecular flexibility index (Phi) is 4.96. The molecule has 6 heteroatoms. The third-order valence-corrected chi connectivity index (χ3v) is 4.69. The van der Waals surface area contributed by atoms with Gasteiger partial charge in [-0.15, -0.1) is 11.8 Å². The molecule has 0 bridgehead atoms. The van der Waals surface area contributed by atoms with E-state index in [0.717, 1.165) is 5.03 Å². The molecule has 1 aromatic heterocycles. The molecule has 126 valence electrons. The Labute approximate surface area is 150 Å². The molecule has 0 saturated carbocycles. The quantitative estimate of drug-likeness (QED) is 0.871. The van der Waals surface area contributed by atoms with Gasteiger partial charge in [0.1, 0.15) is 5.76 Å². The number of nitrogens with zero attached hydrogens (tertiary/aromatic N) is 1. The highest BCUT2D eigenvalue weighted by Gasteiger charge is 2.36. The highest BCUT2D eigenvalue weighted by Crippen LogP contribution is 2.40. The summed E-state index contributed by atoms with van der Waals surface area (Å²) in [5, 5.41) is 16.5. The van der Waals surface area contributed by atoms with Gasteiger partial charge < -0.3 is 15.1 Å². The molecule has 2 N–H and O–H groups in total. The maximum atomic E-state index is 13.0. The van der Waals surface area contributed by atoms with Crippen molar-refractivity contribution in [2.75, 3.05) is 11.6 Å². The third kappa shape index (κ3) is 3.32. The summed E-state index contributed by atoms with van der Waals surface area (Å²) < 4.78 is 5.54. The first-order valence-electron chi connectivity index (χ1n) is 7.71. The Bertz CT molecular complexity index is 877. The number of carbonyl (C=O) groups is 1. The van der Waals surface area contributed by atoms with E-state index in [2.05, 4.69) is 16.7 Å². The first kappa shape index (κ1) is 16.9. The number of hydrogen-bond acceptors (Lipinski definition) is 5. The van der Waals surface area contributed by atoms with Gasteiger partial charge in [0.25, 0.3) is 5.91 Å². The van der Waals surface area contributed by atoms with E-state index >= 15 is 0 Å². The van der Waals surface area contributed by atoms with Crippen LogP contribution in [-0.4, -0.2) is 12.2 Å². The van der Waals surface area contributed by atoms with Crippen molar-refractivity contribution >= 4 is 23.4 Å². The van der Waals surface area contributed by atoms with Crippen molar-refractivity contribution in [1.29, 1.82) is 5.26 Å². The summed E-state index contributed by atoms with van der Waals surface area (Å²) in [5.41, 5.74) is 2.36. The predicted molar refractivity (Wildman–Crippen MR) is 98.5 cm³/mol. The molecule has 0 aliphatic carbocycles. The Morgan fingerprint density at radius 1 is 1.28 bits per heavy atom. The number of anilines is 1. The van der Waals surface area contributed by atoms with Gasteiger partial charge >= 0.3 is 0 Å². The molecule has 0 spiro atoms. The topological polar surface area (TPSA) is 78.1 Å². The summed E-state index contributed by atoms with van der Waals surface area (Å²) in [6.45, 7) is 1.83. The van der Waals surface area contributed by atoms with Crippen LogP contribution in [0.2, 0.25) is 0 Å².